The highest BCUT2D eigenvalue weighted by Crippen LogP contribution is 2.27. The zero-order valence-corrected chi connectivity index (χ0v) is 14.5. The van der Waals surface area contributed by atoms with Crippen LogP contribution in [0.1, 0.15) is 19.3 Å². The first-order valence-electron chi connectivity index (χ1n) is 8.68. The van der Waals surface area contributed by atoms with Crippen LogP contribution in [0.3, 0.4) is 0 Å². The van der Waals surface area contributed by atoms with Gasteiger partial charge in [-0.15, -0.1) is 0 Å². The number of nitrogens with zero attached hydrogens (tertiary/aromatic N) is 4. The molecule has 2 aromatic heterocycles. The minimum atomic E-state index is -0.484. The molecular weight excluding hydrogens is 318 g/mol. The number of nitrogens with one attached hydrogen (secondary N) is 1. The Balaban J connectivity index is 1.43. The number of carbonyl (C=O) groups is 1. The van der Waals surface area contributed by atoms with Crippen molar-refractivity contribution in [1.82, 2.24) is 20.1 Å². The number of hydrogen-bond donors (Lipinski definition) is 2. The summed E-state index contributed by atoms with van der Waals surface area (Å²) in [5, 5.41) is 17.4. The summed E-state index contributed by atoms with van der Waals surface area (Å²) in [7, 11) is 1.95. The van der Waals surface area contributed by atoms with Crippen LogP contribution in [0, 0.1) is 5.92 Å². The van der Waals surface area contributed by atoms with Gasteiger partial charge in [0.2, 0.25) is 5.91 Å². The van der Waals surface area contributed by atoms with Gasteiger partial charge in [-0.05, 0) is 37.0 Å². The van der Waals surface area contributed by atoms with Gasteiger partial charge < -0.3 is 15.3 Å². The summed E-state index contributed by atoms with van der Waals surface area (Å²) >= 11 is 0. The molecule has 0 aromatic carbocycles. The lowest BCUT2D eigenvalue weighted by Crippen LogP contribution is -2.41. The smallest absolute Gasteiger partial charge is 0.222 e. The molecule has 25 heavy (non-hydrogen) atoms. The lowest BCUT2D eigenvalue weighted by atomic mass is 10.1. The Bertz CT molecular complexity index is 661. The number of carbonyl (C=O) groups excluding carboxylic acids is 1. The Hall–Kier alpha value is -2.41. The second-order valence-electron chi connectivity index (χ2n) is 6.68. The molecule has 0 aliphatic heterocycles. The third-order valence-corrected chi connectivity index (χ3v) is 4.76. The maximum absolute atomic E-state index is 12.2. The Kier molecular flexibility index (Phi) is 5.65. The van der Waals surface area contributed by atoms with Crippen LogP contribution in [-0.4, -0.2) is 51.5 Å². The molecule has 0 spiro atoms. The van der Waals surface area contributed by atoms with E-state index < -0.39 is 6.10 Å². The predicted octanol–water partition coefficient (Wildman–Crippen LogP) is 1.06. The van der Waals surface area contributed by atoms with E-state index in [-0.39, 0.29) is 11.9 Å². The van der Waals surface area contributed by atoms with Crippen molar-refractivity contribution in [2.24, 2.45) is 5.92 Å². The van der Waals surface area contributed by atoms with Crippen molar-refractivity contribution in [3.63, 3.8) is 0 Å². The van der Waals surface area contributed by atoms with Crippen LogP contribution in [0.2, 0.25) is 0 Å². The number of pyridine rings is 1. The lowest BCUT2D eigenvalue weighted by Gasteiger charge is -2.20. The van der Waals surface area contributed by atoms with Crippen molar-refractivity contribution < 1.29 is 9.90 Å². The molecule has 1 saturated carbocycles. The normalized spacial score (nSPS) is 22.7. The third-order valence-electron chi connectivity index (χ3n) is 4.76. The predicted molar refractivity (Wildman–Crippen MR) is 95.0 cm³/mol. The molecule has 0 bridgehead atoms. The standard InChI is InChI=1S/C18H25N5O2/c1-22(15-3-7-19-8-4-15)10-5-18(25)21-16-11-14(12-17(16)24)13-23-9-2-6-20-23/h2-4,6-9,14,16-17,24H,5,10-13H2,1H3,(H,21,25)/t14?,16-,17-/m1/s1. The molecular formula is C18H25N5O2. The molecule has 2 heterocycles. The molecule has 1 amide bonds. The summed E-state index contributed by atoms with van der Waals surface area (Å²) in [4.78, 5) is 18.2. The topological polar surface area (TPSA) is 83.3 Å². The van der Waals surface area contributed by atoms with Crippen molar-refractivity contribution in [1.29, 1.82) is 0 Å². The van der Waals surface area contributed by atoms with Gasteiger partial charge in [0.05, 0.1) is 12.1 Å². The van der Waals surface area contributed by atoms with E-state index in [4.69, 9.17) is 0 Å². The second kappa shape index (κ2) is 8.11. The van der Waals surface area contributed by atoms with Gasteiger partial charge in [0.25, 0.3) is 0 Å². The molecule has 7 nitrogen and oxygen atoms in total. The van der Waals surface area contributed by atoms with Gasteiger partial charge in [-0.1, -0.05) is 0 Å². The fourth-order valence-corrected chi connectivity index (χ4v) is 3.37. The molecule has 1 aliphatic rings. The Morgan fingerprint density at radius 2 is 2.16 bits per heavy atom. The summed E-state index contributed by atoms with van der Waals surface area (Å²) in [6.45, 7) is 1.40. The largest absolute Gasteiger partial charge is 0.391 e. The van der Waals surface area contributed by atoms with E-state index in [9.17, 15) is 9.90 Å². The molecule has 2 aromatic rings. The summed E-state index contributed by atoms with van der Waals surface area (Å²) in [6.07, 6.45) is 8.54. The van der Waals surface area contributed by atoms with Crippen LogP contribution < -0.4 is 10.2 Å². The van der Waals surface area contributed by atoms with Crippen molar-refractivity contribution >= 4 is 11.6 Å². The van der Waals surface area contributed by atoms with Gasteiger partial charge in [0.15, 0.2) is 0 Å². The molecule has 3 atom stereocenters. The number of aliphatic hydroxyl groups excluding tert-OH is 1. The average Bonchev–Trinajstić information content (AvgIpc) is 3.24. The minimum absolute atomic E-state index is 0.0234. The number of hydrogen-bond acceptors (Lipinski definition) is 5. The van der Waals surface area contributed by atoms with Gasteiger partial charge >= 0.3 is 0 Å². The van der Waals surface area contributed by atoms with E-state index in [1.165, 1.54) is 0 Å². The van der Waals surface area contributed by atoms with Crippen LogP contribution >= 0.6 is 0 Å². The van der Waals surface area contributed by atoms with Gasteiger partial charge in [0.1, 0.15) is 0 Å². The summed E-state index contributed by atoms with van der Waals surface area (Å²) < 4.78 is 1.88. The zero-order chi connectivity index (χ0) is 17.6. The van der Waals surface area contributed by atoms with Crippen molar-refractivity contribution in [2.45, 2.75) is 38.0 Å². The first-order chi connectivity index (χ1) is 12.1. The molecule has 134 valence electrons. The van der Waals surface area contributed by atoms with E-state index in [0.717, 1.165) is 18.7 Å². The fourth-order valence-electron chi connectivity index (χ4n) is 3.37. The van der Waals surface area contributed by atoms with Crippen LogP contribution in [0.25, 0.3) is 0 Å². The van der Waals surface area contributed by atoms with E-state index >= 15 is 0 Å². The highest BCUT2D eigenvalue weighted by Gasteiger charge is 2.34. The van der Waals surface area contributed by atoms with E-state index in [2.05, 4.69) is 15.4 Å². The summed E-state index contributed by atoms with van der Waals surface area (Å²) in [6, 6.07) is 5.56. The third kappa shape index (κ3) is 4.79. The van der Waals surface area contributed by atoms with Crippen LogP contribution in [0.4, 0.5) is 5.69 Å². The Morgan fingerprint density at radius 3 is 2.88 bits per heavy atom. The first kappa shape index (κ1) is 17.4. The van der Waals surface area contributed by atoms with Crippen molar-refractivity contribution in [2.75, 3.05) is 18.5 Å². The number of aliphatic hydroxyl groups is 1. The quantitative estimate of drug-likeness (QED) is 0.785. The van der Waals surface area contributed by atoms with Gasteiger partial charge in [-0.3, -0.25) is 14.5 Å². The second-order valence-corrected chi connectivity index (χ2v) is 6.68. The first-order valence-corrected chi connectivity index (χ1v) is 8.68. The van der Waals surface area contributed by atoms with Gasteiger partial charge in [-0.25, -0.2) is 0 Å². The zero-order valence-electron chi connectivity index (χ0n) is 14.5. The van der Waals surface area contributed by atoms with E-state index in [1.807, 2.05) is 41.0 Å². The molecule has 3 rings (SSSR count). The fraction of sp³-hybridized carbons (Fsp3) is 0.500. The molecule has 0 radical (unpaired) electrons. The SMILES string of the molecule is CN(CCC(=O)N[C@@H]1CC(Cn2cccn2)C[C@H]1O)c1ccncc1. The molecule has 1 aliphatic carbocycles. The Labute approximate surface area is 147 Å². The maximum Gasteiger partial charge on any atom is 0.222 e. The molecule has 0 saturated heterocycles. The molecule has 1 unspecified atom stereocenters. The number of anilines is 1. The Morgan fingerprint density at radius 1 is 1.36 bits per heavy atom. The minimum Gasteiger partial charge on any atom is -0.391 e. The number of aromatic nitrogens is 3. The average molecular weight is 343 g/mol. The number of amides is 1. The lowest BCUT2D eigenvalue weighted by molar-refractivity contribution is -0.122. The molecule has 1 fully saturated rings. The summed E-state index contributed by atoms with van der Waals surface area (Å²) in [5.74, 6) is 0.310. The monoisotopic (exact) mass is 343 g/mol. The highest BCUT2D eigenvalue weighted by atomic mass is 16.3. The number of rotatable bonds is 7. The van der Waals surface area contributed by atoms with E-state index in [0.29, 0.717) is 25.3 Å². The highest BCUT2D eigenvalue weighted by molar-refractivity contribution is 5.77. The van der Waals surface area contributed by atoms with Gasteiger partial charge in [0, 0.05) is 57.0 Å². The maximum atomic E-state index is 12.2. The van der Waals surface area contributed by atoms with Crippen molar-refractivity contribution in [3.8, 4) is 0 Å². The molecule has 7 heteroatoms. The van der Waals surface area contributed by atoms with Crippen molar-refractivity contribution in [3.05, 3.63) is 43.0 Å². The van der Waals surface area contributed by atoms with E-state index in [1.54, 1.807) is 18.6 Å². The van der Waals surface area contributed by atoms with Gasteiger partial charge in [-0.2, -0.15) is 5.10 Å². The van der Waals surface area contributed by atoms with Crippen LogP contribution in [-0.2, 0) is 11.3 Å². The molecule has 2 N–H and O–H groups in total. The summed E-state index contributed by atoms with van der Waals surface area (Å²) in [5.41, 5.74) is 1.03. The van der Waals surface area contributed by atoms with Crippen LogP contribution in [0.15, 0.2) is 43.0 Å². The van der Waals surface area contributed by atoms with Crippen LogP contribution in [0.5, 0.6) is 0 Å².